The highest BCUT2D eigenvalue weighted by Crippen LogP contribution is 2.29. The van der Waals surface area contributed by atoms with Crippen molar-refractivity contribution in [3.8, 4) is 22.6 Å². The van der Waals surface area contributed by atoms with Crippen molar-refractivity contribution in [3.63, 3.8) is 0 Å². The number of nitrogens with one attached hydrogen (secondary N) is 11. The molecule has 0 unspecified atom stereocenters. The van der Waals surface area contributed by atoms with Crippen LogP contribution in [0.4, 0.5) is 4.39 Å². The first-order chi connectivity index (χ1) is 53.9. The lowest BCUT2D eigenvalue weighted by Crippen LogP contribution is -2.67. The van der Waals surface area contributed by atoms with Crippen LogP contribution >= 0.6 is 0 Å². The summed E-state index contributed by atoms with van der Waals surface area (Å²) in [7, 11) is 0. The third-order valence-electron chi connectivity index (χ3n) is 18.5. The number of nitrogens with zero attached hydrogens (tertiary/aromatic N) is 3. The Balaban J connectivity index is 1.17. The van der Waals surface area contributed by atoms with Gasteiger partial charge in [-0.2, -0.15) is 5.21 Å². The Labute approximate surface area is 657 Å². The number of aliphatic hydroxyl groups is 3. The van der Waals surface area contributed by atoms with E-state index in [1.807, 2.05) is 57.2 Å². The molecular formula is C78H104FN17O18. The van der Waals surface area contributed by atoms with Crippen molar-refractivity contribution in [2.24, 2.45) is 17.2 Å². The maximum atomic E-state index is 15.5. The van der Waals surface area contributed by atoms with E-state index >= 15 is 4.39 Å². The molecule has 11 amide bonds. The van der Waals surface area contributed by atoms with E-state index in [1.165, 1.54) is 44.2 Å². The Morgan fingerprint density at radius 3 is 1.82 bits per heavy atom. The minimum Gasteiger partial charge on any atom is -0.508 e. The van der Waals surface area contributed by atoms with Crippen LogP contribution in [0.1, 0.15) is 118 Å². The zero-order valence-corrected chi connectivity index (χ0v) is 64.8. The number of halogens is 1. The summed E-state index contributed by atoms with van der Waals surface area (Å²) >= 11 is 0. The van der Waals surface area contributed by atoms with Crippen molar-refractivity contribution in [3.05, 3.63) is 160 Å². The largest absolute Gasteiger partial charge is 0.508 e. The van der Waals surface area contributed by atoms with Crippen LogP contribution in [0.15, 0.2) is 109 Å². The van der Waals surface area contributed by atoms with Crippen molar-refractivity contribution in [1.29, 1.82) is 0 Å². The van der Waals surface area contributed by atoms with Crippen LogP contribution in [-0.2, 0) is 96.1 Å². The summed E-state index contributed by atoms with van der Waals surface area (Å²) in [4.78, 5) is 166. The van der Waals surface area contributed by atoms with Crippen LogP contribution in [0, 0.1) is 19.7 Å². The number of carbonyl (C=O) groups excluding carboxylic acids is 11. The number of hydrogen-bond donors (Lipinski definition) is 19. The predicted octanol–water partition coefficient (Wildman–Crippen LogP) is -1.38. The van der Waals surface area contributed by atoms with Crippen LogP contribution in [0.25, 0.3) is 11.1 Å². The third-order valence-corrected chi connectivity index (χ3v) is 18.5. The molecule has 0 aliphatic rings. The number of aromatic amines is 1. The topological polar surface area (TPSA) is 568 Å². The highest BCUT2D eigenvalue weighted by molar-refractivity contribution is 6.01. The van der Waals surface area contributed by atoms with Crippen LogP contribution < -0.4 is 75.1 Å². The van der Waals surface area contributed by atoms with Crippen molar-refractivity contribution >= 4 is 70.9 Å². The Bertz CT molecular complexity index is 4300. The SMILES string of the molecule is CCc1cc(OCCCCN)ccc1-c1ccc(C[C@H](NC(=O)[C@H](CC(=O)O)NC(=O)[C@H](CO)NC(=O)[C@@H](NC(=O)[C@](C)(Cc2ccccc2F)NC(=O)[C@@H](NC(=O)CNC(=O)[C@H](Cc2nn[nH]n2)NC(=O)C(C)(C)NC(=O)[C@@H](N)Cc2ccc(O)cc2)[C@@H](C)O)[C@@H](C)O)C(=O)N[C@@H](CCCc2cc(C)cc(C)c2)C(N)=O)cc1. The van der Waals surface area contributed by atoms with Crippen LogP contribution in [-0.4, -0.2) is 215 Å². The Morgan fingerprint density at radius 2 is 1.21 bits per heavy atom. The number of carboxylic acid groups (broad SMARTS) is 1. The molecule has 6 aromatic rings. The molecule has 0 aliphatic carbocycles. The van der Waals surface area contributed by atoms with Gasteiger partial charge in [0.15, 0.2) is 5.82 Å². The second-order valence-corrected chi connectivity index (χ2v) is 28.7. The molecule has 1 heterocycles. The van der Waals surface area contributed by atoms with Gasteiger partial charge in [0.2, 0.25) is 65.0 Å². The number of tetrazole rings is 1. The highest BCUT2D eigenvalue weighted by atomic mass is 19.1. The molecule has 22 N–H and O–H groups in total. The summed E-state index contributed by atoms with van der Waals surface area (Å²) in [5.41, 5.74) is 20.0. The quantitative estimate of drug-likeness (QED) is 0.0196. The number of phenolic OH excluding ortho intramolecular Hbond substituents is 1. The van der Waals surface area contributed by atoms with E-state index in [0.717, 1.165) is 73.1 Å². The summed E-state index contributed by atoms with van der Waals surface area (Å²) in [5, 5.41) is 89.4. The van der Waals surface area contributed by atoms with Gasteiger partial charge < -0.3 is 101 Å². The van der Waals surface area contributed by atoms with E-state index in [0.29, 0.717) is 49.3 Å². The monoisotopic (exact) mass is 1590 g/mol. The molecular weight excluding hydrogens is 1480 g/mol. The van der Waals surface area contributed by atoms with Gasteiger partial charge in [-0.25, -0.2) is 4.39 Å². The number of aliphatic carboxylic acids is 1. The molecule has 616 valence electrons. The molecule has 1 aromatic heterocycles. The molecule has 0 fully saturated rings. The summed E-state index contributed by atoms with van der Waals surface area (Å²) in [5.74, 6) is -14.3. The lowest BCUT2D eigenvalue weighted by molar-refractivity contribution is -0.142. The van der Waals surface area contributed by atoms with Crippen LogP contribution in [0.5, 0.6) is 11.5 Å². The number of unbranched alkanes of at least 4 members (excludes halogenated alkanes) is 1. The molecule has 0 saturated carbocycles. The van der Waals surface area contributed by atoms with Gasteiger partial charge >= 0.3 is 5.97 Å². The lowest BCUT2D eigenvalue weighted by Gasteiger charge is -2.34. The standard InChI is InChI=1S/C78H104FN17O18/c1-9-49-36-53(114-30-13-12-29-80)27-28-54(49)50-23-19-47(20-24-50)35-58(70(107)84-57(67(82)104)18-14-15-48-32-42(2)31-43(3)33-48)85-71(108)60(38-64(102)103)86-72(109)61(41-97)87-73(110)65(44(4)98)90-76(113)78(8,39-51-16-10-11-17-55(51)79)92-74(111)66(45(5)99)89-63(101)40-83-69(106)59(37-62-93-95-96-94-62)88-75(112)77(6,7)91-68(105)56(81)34-46-21-25-52(100)26-22-46/h10-11,16-17,19-28,31-33,36,44-45,56-61,65-66,97-100H,9,12-15,18,29-30,34-35,37-41,80-81H2,1-8H3,(H2,82,104)(H,83,106)(H,84,107)(H,85,108)(H,86,109)(H,87,110)(H,88,112)(H,89,101)(H,90,113)(H,91,105)(H,92,111)(H,102,103)(H,93,94,95,96)/t44-,45-,56+,57+,58+,59+,60+,61+,65+,66+,78+/m1/s1. The average Bonchev–Trinajstić information content (AvgIpc) is 1.05. The fraction of sp³-hybridized carbons (Fsp3) is 0.449. The molecule has 0 spiro atoms. The average molecular weight is 1590 g/mol. The second-order valence-electron chi connectivity index (χ2n) is 28.7. The molecule has 6 rings (SSSR count). The summed E-state index contributed by atoms with van der Waals surface area (Å²) in [6.07, 6.45) is -3.07. The number of benzene rings is 5. The number of nitrogens with two attached hydrogens (primary N) is 3. The number of phenols is 1. The van der Waals surface area contributed by atoms with E-state index in [2.05, 4.69) is 73.8 Å². The number of aromatic hydroxyl groups is 1. The van der Waals surface area contributed by atoms with E-state index in [4.69, 9.17) is 21.9 Å². The van der Waals surface area contributed by atoms with E-state index in [-0.39, 0.29) is 36.4 Å². The number of aliphatic hydroxyl groups excluding tert-OH is 3. The molecule has 35 nitrogen and oxygen atoms in total. The summed E-state index contributed by atoms with van der Waals surface area (Å²) < 4.78 is 21.5. The number of H-pyrrole nitrogens is 1. The first-order valence-electron chi connectivity index (χ1n) is 37.1. The van der Waals surface area contributed by atoms with Crippen molar-refractivity contribution < 1.29 is 92.2 Å². The number of carboxylic acids is 1. The van der Waals surface area contributed by atoms with Gasteiger partial charge in [0.25, 0.3) is 0 Å². The number of hydrogen-bond acceptors (Lipinski definition) is 22. The van der Waals surface area contributed by atoms with Crippen molar-refractivity contribution in [2.45, 2.75) is 198 Å². The molecule has 5 aromatic carbocycles. The Morgan fingerprint density at radius 1 is 0.614 bits per heavy atom. The smallest absolute Gasteiger partial charge is 0.305 e. The lowest BCUT2D eigenvalue weighted by atomic mass is 9.90. The van der Waals surface area contributed by atoms with Crippen molar-refractivity contribution in [1.82, 2.24) is 73.8 Å². The Hall–Kier alpha value is -11.9. The first-order valence-corrected chi connectivity index (χ1v) is 37.1. The van der Waals surface area contributed by atoms with Gasteiger partial charge in [-0.15, -0.1) is 10.2 Å². The van der Waals surface area contributed by atoms with Gasteiger partial charge in [0.1, 0.15) is 70.7 Å². The van der Waals surface area contributed by atoms with Crippen LogP contribution in [0.2, 0.25) is 0 Å². The molecule has 11 atom stereocenters. The minimum absolute atomic E-state index is 0.0102. The normalized spacial score (nSPS) is 14.5. The van der Waals surface area contributed by atoms with E-state index in [9.17, 15) is 83.1 Å². The van der Waals surface area contributed by atoms with Gasteiger partial charge in [0.05, 0.1) is 44.4 Å². The number of aryl methyl sites for hydroxylation is 4. The number of ether oxygens (including phenoxy) is 1. The molecule has 0 aliphatic heterocycles. The minimum atomic E-state index is -2.42. The predicted molar refractivity (Wildman–Crippen MR) is 413 cm³/mol. The zero-order valence-electron chi connectivity index (χ0n) is 64.8. The number of rotatable bonds is 45. The first kappa shape index (κ1) is 91.0. The van der Waals surface area contributed by atoms with Gasteiger partial charge in [-0.3, -0.25) is 57.5 Å². The molecule has 0 saturated heterocycles. The second kappa shape index (κ2) is 43.2. The molecule has 0 radical (unpaired) electrons. The number of carbonyl (C=O) groups is 12. The number of amides is 11. The fourth-order valence-corrected chi connectivity index (χ4v) is 12.2. The number of primary amides is 1. The van der Waals surface area contributed by atoms with Gasteiger partial charge in [-0.1, -0.05) is 102 Å². The third kappa shape index (κ3) is 28.1. The maximum Gasteiger partial charge on any atom is 0.305 e. The molecule has 36 heteroatoms. The zero-order chi connectivity index (χ0) is 84.1. The highest BCUT2D eigenvalue weighted by Gasteiger charge is 2.43. The Kier molecular flexibility index (Phi) is 34.5. The van der Waals surface area contributed by atoms with Crippen molar-refractivity contribution in [2.75, 3.05) is 26.3 Å². The van der Waals surface area contributed by atoms with Crippen LogP contribution in [0.3, 0.4) is 0 Å². The maximum absolute atomic E-state index is 15.5. The molecule has 114 heavy (non-hydrogen) atoms. The fourth-order valence-electron chi connectivity index (χ4n) is 12.2. The van der Waals surface area contributed by atoms with Gasteiger partial charge in [-0.05, 0) is 169 Å². The van der Waals surface area contributed by atoms with Gasteiger partial charge in [0, 0.05) is 19.3 Å². The summed E-state index contributed by atoms with van der Waals surface area (Å²) in [6.45, 7) is 10.5. The number of aromatic nitrogens is 4. The van der Waals surface area contributed by atoms with E-state index < -0.39 is 181 Å². The summed E-state index contributed by atoms with van der Waals surface area (Å²) in [6, 6.07) is 15.7. The molecule has 0 bridgehead atoms. The van der Waals surface area contributed by atoms with E-state index in [1.54, 1.807) is 36.4 Å².